The summed E-state index contributed by atoms with van der Waals surface area (Å²) < 4.78 is 1.00. The van der Waals surface area contributed by atoms with E-state index in [1.165, 1.54) is 30.0 Å². The molecule has 166 valence electrons. The Kier molecular flexibility index (Phi) is 7.59. The summed E-state index contributed by atoms with van der Waals surface area (Å²) in [5.74, 6) is -0.267. The van der Waals surface area contributed by atoms with E-state index in [1.54, 1.807) is 0 Å². The number of aromatic nitrogens is 1. The van der Waals surface area contributed by atoms with Crippen LogP contribution in [0.3, 0.4) is 0 Å². The normalized spacial score (nSPS) is 11.6. The number of carbonyl (C=O) groups is 2. The summed E-state index contributed by atoms with van der Waals surface area (Å²) in [5, 5.41) is 7.77. The highest BCUT2D eigenvalue weighted by atomic mass is 79.9. The minimum absolute atomic E-state index is 0.122. The van der Waals surface area contributed by atoms with Crippen LogP contribution >= 0.6 is 39.0 Å². The van der Waals surface area contributed by atoms with Gasteiger partial charge in [0.25, 0.3) is 0 Å². The number of rotatable bonds is 7. The summed E-state index contributed by atoms with van der Waals surface area (Å²) in [6.07, 6.45) is 0. The van der Waals surface area contributed by atoms with E-state index in [4.69, 9.17) is 0 Å². The summed E-state index contributed by atoms with van der Waals surface area (Å²) >= 11 is 6.29. The van der Waals surface area contributed by atoms with Crippen LogP contribution in [-0.2, 0) is 9.59 Å². The molecule has 1 aromatic heterocycles. The molecule has 8 heteroatoms. The summed E-state index contributed by atoms with van der Waals surface area (Å²) in [6.45, 7) is 1.47. The minimum atomic E-state index is -0.460. The van der Waals surface area contributed by atoms with Crippen molar-refractivity contribution < 1.29 is 9.59 Å². The highest BCUT2D eigenvalue weighted by molar-refractivity contribution is 9.10. The molecule has 1 unspecified atom stereocenters. The lowest BCUT2D eigenvalue weighted by Crippen LogP contribution is -2.19. The highest BCUT2D eigenvalue weighted by Gasteiger charge is 2.23. The SMILES string of the molecule is CC(=O)Nc1ccc(SC(C(=O)Nc2nc(-c3ccc(Br)cc3)cs2)c2ccccc2)cc1. The van der Waals surface area contributed by atoms with Crippen molar-refractivity contribution in [1.29, 1.82) is 0 Å². The van der Waals surface area contributed by atoms with Crippen LogP contribution in [0.25, 0.3) is 11.3 Å². The van der Waals surface area contributed by atoms with Crippen LogP contribution < -0.4 is 10.6 Å². The number of hydrogen-bond acceptors (Lipinski definition) is 5. The van der Waals surface area contributed by atoms with E-state index in [1.807, 2.05) is 84.2 Å². The van der Waals surface area contributed by atoms with Crippen LogP contribution in [0, 0.1) is 0 Å². The third-order valence-electron chi connectivity index (χ3n) is 4.64. The Morgan fingerprint density at radius 2 is 1.64 bits per heavy atom. The zero-order valence-electron chi connectivity index (χ0n) is 17.6. The van der Waals surface area contributed by atoms with Crippen molar-refractivity contribution in [3.63, 3.8) is 0 Å². The molecule has 0 aliphatic carbocycles. The number of nitrogens with zero attached hydrogens (tertiary/aromatic N) is 1. The highest BCUT2D eigenvalue weighted by Crippen LogP contribution is 2.37. The number of thiazole rings is 1. The van der Waals surface area contributed by atoms with Gasteiger partial charge in [0, 0.05) is 32.9 Å². The number of thioether (sulfide) groups is 1. The maximum absolute atomic E-state index is 13.3. The molecule has 0 saturated heterocycles. The third-order valence-corrected chi connectivity index (χ3v) is 7.20. The van der Waals surface area contributed by atoms with Crippen molar-refractivity contribution in [1.82, 2.24) is 4.98 Å². The van der Waals surface area contributed by atoms with Crippen molar-refractivity contribution in [2.75, 3.05) is 10.6 Å². The van der Waals surface area contributed by atoms with Gasteiger partial charge in [0.1, 0.15) is 5.25 Å². The van der Waals surface area contributed by atoms with Crippen molar-refractivity contribution in [2.45, 2.75) is 17.1 Å². The first-order valence-electron chi connectivity index (χ1n) is 10.1. The molecule has 33 heavy (non-hydrogen) atoms. The summed E-state index contributed by atoms with van der Waals surface area (Å²) in [4.78, 5) is 30.1. The van der Waals surface area contributed by atoms with Gasteiger partial charge >= 0.3 is 0 Å². The zero-order chi connectivity index (χ0) is 23.2. The van der Waals surface area contributed by atoms with Gasteiger partial charge in [-0.1, -0.05) is 58.4 Å². The molecule has 0 spiro atoms. The molecule has 0 saturated carbocycles. The fourth-order valence-corrected chi connectivity index (χ4v) is 5.12. The Labute approximate surface area is 208 Å². The first kappa shape index (κ1) is 23.2. The summed E-state index contributed by atoms with van der Waals surface area (Å²) in [5.41, 5.74) is 3.43. The second-order valence-corrected chi connectivity index (χ2v) is 10.1. The molecule has 0 fully saturated rings. The van der Waals surface area contributed by atoms with Crippen molar-refractivity contribution in [3.8, 4) is 11.3 Å². The molecule has 4 aromatic rings. The van der Waals surface area contributed by atoms with E-state index >= 15 is 0 Å². The van der Waals surface area contributed by atoms with Gasteiger partial charge < -0.3 is 10.6 Å². The summed E-state index contributed by atoms with van der Waals surface area (Å²) in [6, 6.07) is 25.0. The average Bonchev–Trinajstić information content (AvgIpc) is 3.27. The molecular weight excluding hydrogens is 518 g/mol. The Morgan fingerprint density at radius 3 is 2.30 bits per heavy atom. The maximum Gasteiger partial charge on any atom is 0.244 e. The molecule has 1 atom stereocenters. The maximum atomic E-state index is 13.3. The second-order valence-electron chi connectivity index (χ2n) is 7.15. The molecule has 2 amide bonds. The molecule has 0 bridgehead atoms. The lowest BCUT2D eigenvalue weighted by molar-refractivity contribution is -0.116. The molecule has 0 radical (unpaired) electrons. The van der Waals surface area contributed by atoms with Crippen LogP contribution in [0.1, 0.15) is 17.7 Å². The van der Waals surface area contributed by atoms with Gasteiger partial charge in [0.15, 0.2) is 5.13 Å². The molecule has 2 N–H and O–H groups in total. The first-order chi connectivity index (χ1) is 16.0. The molecule has 0 aliphatic heterocycles. The monoisotopic (exact) mass is 537 g/mol. The fourth-order valence-electron chi connectivity index (χ4n) is 3.11. The van der Waals surface area contributed by atoms with Crippen molar-refractivity contribution in [2.24, 2.45) is 0 Å². The van der Waals surface area contributed by atoms with E-state index in [0.717, 1.165) is 31.9 Å². The van der Waals surface area contributed by atoms with Gasteiger partial charge in [-0.15, -0.1) is 23.1 Å². The van der Waals surface area contributed by atoms with Crippen LogP contribution in [-0.4, -0.2) is 16.8 Å². The molecule has 5 nitrogen and oxygen atoms in total. The Bertz CT molecular complexity index is 1240. The van der Waals surface area contributed by atoms with E-state index in [2.05, 4.69) is 31.5 Å². The number of halogens is 1. The zero-order valence-corrected chi connectivity index (χ0v) is 20.8. The smallest absolute Gasteiger partial charge is 0.244 e. The predicted octanol–water partition coefficient (Wildman–Crippen LogP) is 7.00. The molecule has 3 aromatic carbocycles. The Balaban J connectivity index is 1.52. The van der Waals surface area contributed by atoms with Gasteiger partial charge in [-0.2, -0.15) is 0 Å². The van der Waals surface area contributed by atoms with E-state index < -0.39 is 5.25 Å². The number of carbonyl (C=O) groups excluding carboxylic acids is 2. The number of amides is 2. The van der Waals surface area contributed by atoms with Crippen molar-refractivity contribution >= 4 is 61.7 Å². The van der Waals surface area contributed by atoms with E-state index in [9.17, 15) is 9.59 Å². The lowest BCUT2D eigenvalue weighted by atomic mass is 10.1. The number of nitrogens with one attached hydrogen (secondary N) is 2. The quantitative estimate of drug-likeness (QED) is 0.249. The van der Waals surface area contributed by atoms with Crippen LogP contribution in [0.5, 0.6) is 0 Å². The van der Waals surface area contributed by atoms with Gasteiger partial charge in [-0.25, -0.2) is 4.98 Å². The topological polar surface area (TPSA) is 71.1 Å². The number of hydrogen-bond donors (Lipinski definition) is 2. The number of anilines is 2. The minimum Gasteiger partial charge on any atom is -0.326 e. The molecule has 0 aliphatic rings. The average molecular weight is 538 g/mol. The van der Waals surface area contributed by atoms with Crippen LogP contribution in [0.4, 0.5) is 10.8 Å². The largest absolute Gasteiger partial charge is 0.326 e. The molecule has 4 rings (SSSR count). The predicted molar refractivity (Wildman–Crippen MR) is 140 cm³/mol. The first-order valence-corrected chi connectivity index (χ1v) is 12.6. The molecule has 1 heterocycles. The van der Waals surface area contributed by atoms with Crippen molar-refractivity contribution in [3.05, 3.63) is 94.3 Å². The standard InChI is InChI=1S/C25H20BrN3O2S2/c1-16(30)27-20-11-13-21(14-12-20)33-23(18-5-3-2-4-6-18)24(31)29-25-28-22(15-32-25)17-7-9-19(26)10-8-17/h2-15,23H,1H3,(H,27,30)(H,28,29,31). The Hall–Kier alpha value is -2.94. The third kappa shape index (κ3) is 6.31. The van der Waals surface area contributed by atoms with E-state index in [0.29, 0.717) is 5.13 Å². The lowest BCUT2D eigenvalue weighted by Gasteiger charge is -2.16. The number of benzene rings is 3. The Morgan fingerprint density at radius 1 is 0.939 bits per heavy atom. The fraction of sp³-hybridized carbons (Fsp3) is 0.0800. The van der Waals surface area contributed by atoms with Gasteiger partial charge in [0.2, 0.25) is 11.8 Å². The van der Waals surface area contributed by atoms with Crippen LogP contribution in [0.15, 0.2) is 93.6 Å². The molecular formula is C25H20BrN3O2S2. The van der Waals surface area contributed by atoms with Gasteiger partial charge in [-0.05, 0) is 42.0 Å². The van der Waals surface area contributed by atoms with Gasteiger partial charge in [-0.3, -0.25) is 9.59 Å². The van der Waals surface area contributed by atoms with E-state index in [-0.39, 0.29) is 11.8 Å². The van der Waals surface area contributed by atoms with Crippen LogP contribution in [0.2, 0.25) is 0 Å². The second kappa shape index (κ2) is 10.8. The summed E-state index contributed by atoms with van der Waals surface area (Å²) in [7, 11) is 0. The van der Waals surface area contributed by atoms with Gasteiger partial charge in [0.05, 0.1) is 5.69 Å².